The lowest BCUT2D eigenvalue weighted by atomic mass is 10.0. The second kappa shape index (κ2) is 20.9. The van der Waals surface area contributed by atoms with E-state index in [4.69, 9.17) is 8.83 Å². The van der Waals surface area contributed by atoms with Crippen LogP contribution >= 0.6 is 0 Å². The van der Waals surface area contributed by atoms with Gasteiger partial charge in [-0.15, -0.1) is 0 Å². The standard InChI is InChI=1S/C84H56N4O2/c1-7-25-77-69(15-1)70-16-2-8-26-78(70)87(77)65-51-47-63(48-52-65)85(61-43-35-57(36-44-61)67-21-13-23-75-73-19-5-11-29-81(73)89-83(67)75)59-39-31-55(32-40-59)56-33-41-60(42-34-56)86(62-45-37-58(38-46-62)68-22-14-24-76-74-20-6-12-30-82(74)90-84(68)76)64-49-53-66(54-50-64)88-79-27-9-3-17-71(79)72-18-4-10-28-80(72)88/h1-9,11-27,29-54H,10,28H2. The molecular formula is C84H56N4O2. The molecule has 6 nitrogen and oxygen atoms in total. The second-order valence-electron chi connectivity index (χ2n) is 23.5. The number of nitrogens with zero attached hydrogens (tertiary/aromatic N) is 4. The summed E-state index contributed by atoms with van der Waals surface area (Å²) in [5.74, 6) is 0. The van der Waals surface area contributed by atoms with E-state index in [9.17, 15) is 0 Å². The average Bonchev–Trinajstić information content (AvgIpc) is 1.85. The molecule has 0 N–H and O–H groups in total. The average molecular weight is 1150 g/mol. The van der Waals surface area contributed by atoms with E-state index in [1.54, 1.807) is 0 Å². The van der Waals surface area contributed by atoms with Crippen LogP contribution < -0.4 is 9.80 Å². The molecule has 90 heavy (non-hydrogen) atoms. The van der Waals surface area contributed by atoms with Crippen LogP contribution in [0.4, 0.5) is 34.1 Å². The molecule has 0 aliphatic heterocycles. The molecule has 13 aromatic carbocycles. The Hall–Kier alpha value is -11.9. The van der Waals surface area contributed by atoms with Crippen LogP contribution in [0.15, 0.2) is 318 Å². The predicted octanol–water partition coefficient (Wildman–Crippen LogP) is 23.4. The number of hydrogen-bond donors (Lipinski definition) is 0. The van der Waals surface area contributed by atoms with Gasteiger partial charge in [0.25, 0.3) is 0 Å². The molecular weight excluding hydrogens is 1100 g/mol. The lowest BCUT2D eigenvalue weighted by Gasteiger charge is -2.27. The first kappa shape index (κ1) is 51.4. The summed E-state index contributed by atoms with van der Waals surface area (Å²) in [6, 6.07) is 109. The van der Waals surface area contributed by atoms with Crippen molar-refractivity contribution in [3.05, 3.63) is 321 Å². The molecule has 6 heteroatoms. The Morgan fingerprint density at radius 2 is 0.622 bits per heavy atom. The maximum atomic E-state index is 6.52. The number of furan rings is 2. The molecule has 4 aromatic heterocycles. The molecule has 0 fully saturated rings. The molecule has 0 saturated heterocycles. The molecule has 17 aromatic rings. The maximum absolute atomic E-state index is 6.52. The molecule has 4 heterocycles. The van der Waals surface area contributed by atoms with Gasteiger partial charge in [0.15, 0.2) is 0 Å². The molecule has 18 rings (SSSR count). The van der Waals surface area contributed by atoms with Gasteiger partial charge in [0.1, 0.15) is 22.3 Å². The fraction of sp³-hybridized carbons (Fsp3) is 0.0238. The molecule has 424 valence electrons. The minimum Gasteiger partial charge on any atom is -0.455 e. The highest BCUT2D eigenvalue weighted by molar-refractivity contribution is 6.12. The molecule has 1 aliphatic rings. The van der Waals surface area contributed by atoms with Gasteiger partial charge in [-0.1, -0.05) is 188 Å². The Morgan fingerprint density at radius 1 is 0.278 bits per heavy atom. The topological polar surface area (TPSA) is 42.6 Å². The fourth-order valence-corrected chi connectivity index (χ4v) is 14.2. The minimum atomic E-state index is 0.893. The summed E-state index contributed by atoms with van der Waals surface area (Å²) in [5, 5.41) is 8.27. The molecule has 0 saturated carbocycles. The highest BCUT2D eigenvalue weighted by Gasteiger charge is 2.22. The third-order valence-electron chi connectivity index (χ3n) is 18.4. The third kappa shape index (κ3) is 8.41. The summed E-state index contributed by atoms with van der Waals surface area (Å²) in [6.07, 6.45) is 6.65. The van der Waals surface area contributed by atoms with Gasteiger partial charge < -0.3 is 27.8 Å². The minimum absolute atomic E-state index is 0.893. The number of anilines is 6. The van der Waals surface area contributed by atoms with Crippen molar-refractivity contribution in [2.24, 2.45) is 0 Å². The monoisotopic (exact) mass is 1150 g/mol. The Bertz CT molecular complexity index is 5580. The Labute approximate surface area is 519 Å². The highest BCUT2D eigenvalue weighted by atomic mass is 16.3. The predicted molar refractivity (Wildman–Crippen MR) is 375 cm³/mol. The zero-order valence-electron chi connectivity index (χ0n) is 49.0. The van der Waals surface area contributed by atoms with Gasteiger partial charge in [0, 0.05) is 106 Å². The molecule has 0 bridgehead atoms. The van der Waals surface area contributed by atoms with Crippen LogP contribution in [-0.2, 0) is 6.42 Å². The molecule has 0 amide bonds. The van der Waals surface area contributed by atoms with Gasteiger partial charge in [-0.05, 0) is 162 Å². The SMILES string of the molecule is C1=Cc2c(n(-c3ccc(N(c4ccc(-c5ccc(N(c6ccc(-c7cccc8c7oc7ccccc78)cc6)c6ccc(-n7c8ccccc8c8ccccc87)cc6)cc5)cc4)c4ccc(-c5cccc6c5oc5ccccc56)cc4)cc3)c3ccccc23)CC1. The third-order valence-corrected chi connectivity index (χ3v) is 18.4. The number of hydrogen-bond acceptors (Lipinski definition) is 4. The molecule has 0 unspecified atom stereocenters. The van der Waals surface area contributed by atoms with Crippen LogP contribution in [0.2, 0.25) is 0 Å². The van der Waals surface area contributed by atoms with Crippen LogP contribution in [0.25, 0.3) is 127 Å². The van der Waals surface area contributed by atoms with Crippen LogP contribution in [0, 0.1) is 0 Å². The van der Waals surface area contributed by atoms with Crippen molar-refractivity contribution in [2.75, 3.05) is 9.80 Å². The largest absolute Gasteiger partial charge is 0.455 e. The van der Waals surface area contributed by atoms with Gasteiger partial charge in [0.05, 0.1) is 16.6 Å². The normalized spacial score (nSPS) is 12.3. The van der Waals surface area contributed by atoms with Crippen LogP contribution in [0.3, 0.4) is 0 Å². The zero-order valence-corrected chi connectivity index (χ0v) is 49.0. The lowest BCUT2D eigenvalue weighted by molar-refractivity contribution is 0.669. The Morgan fingerprint density at radius 3 is 1.07 bits per heavy atom. The van der Waals surface area contributed by atoms with Gasteiger partial charge >= 0.3 is 0 Å². The van der Waals surface area contributed by atoms with E-state index >= 15 is 0 Å². The second-order valence-corrected chi connectivity index (χ2v) is 23.5. The summed E-state index contributed by atoms with van der Waals surface area (Å²) in [7, 11) is 0. The quantitative estimate of drug-likeness (QED) is 0.129. The van der Waals surface area contributed by atoms with Gasteiger partial charge in [0.2, 0.25) is 0 Å². The van der Waals surface area contributed by atoms with Crippen molar-refractivity contribution < 1.29 is 8.83 Å². The first-order valence-electron chi connectivity index (χ1n) is 30.9. The van der Waals surface area contributed by atoms with E-state index in [0.717, 1.165) is 136 Å². The number of fused-ring (bicyclic) bond motifs is 12. The molecule has 0 spiro atoms. The Balaban J connectivity index is 0.700. The van der Waals surface area contributed by atoms with Crippen molar-refractivity contribution in [2.45, 2.75) is 12.8 Å². The molecule has 0 atom stereocenters. The lowest BCUT2D eigenvalue weighted by Crippen LogP contribution is -2.10. The fourth-order valence-electron chi connectivity index (χ4n) is 14.2. The van der Waals surface area contributed by atoms with Crippen molar-refractivity contribution >= 4 is 117 Å². The summed E-state index contributed by atoms with van der Waals surface area (Å²) >= 11 is 0. The maximum Gasteiger partial charge on any atom is 0.143 e. The van der Waals surface area contributed by atoms with E-state index in [1.807, 2.05) is 24.3 Å². The number of para-hydroxylation sites is 7. The summed E-state index contributed by atoms with van der Waals surface area (Å²) in [5.41, 5.74) is 25.0. The van der Waals surface area contributed by atoms with Gasteiger partial charge in [-0.3, -0.25) is 0 Å². The van der Waals surface area contributed by atoms with E-state index in [-0.39, 0.29) is 0 Å². The highest BCUT2D eigenvalue weighted by Crippen LogP contribution is 2.44. The van der Waals surface area contributed by atoms with Crippen molar-refractivity contribution in [1.29, 1.82) is 0 Å². The first-order valence-corrected chi connectivity index (χ1v) is 30.9. The smallest absolute Gasteiger partial charge is 0.143 e. The molecule has 1 aliphatic carbocycles. The van der Waals surface area contributed by atoms with Gasteiger partial charge in [-0.25, -0.2) is 0 Å². The van der Waals surface area contributed by atoms with Crippen molar-refractivity contribution in [1.82, 2.24) is 9.13 Å². The summed E-state index contributed by atoms with van der Waals surface area (Å²) in [6.45, 7) is 0. The number of rotatable bonds is 11. The van der Waals surface area contributed by atoms with E-state index in [0.29, 0.717) is 0 Å². The van der Waals surface area contributed by atoms with E-state index < -0.39 is 0 Å². The summed E-state index contributed by atoms with van der Waals surface area (Å²) < 4.78 is 17.9. The Kier molecular flexibility index (Phi) is 12.0. The van der Waals surface area contributed by atoms with Crippen LogP contribution in [0.5, 0.6) is 0 Å². The first-order chi connectivity index (χ1) is 44.6. The van der Waals surface area contributed by atoms with Gasteiger partial charge in [-0.2, -0.15) is 0 Å². The van der Waals surface area contributed by atoms with Crippen LogP contribution in [0.1, 0.15) is 17.7 Å². The van der Waals surface area contributed by atoms with Crippen LogP contribution in [-0.4, -0.2) is 9.13 Å². The molecule has 0 radical (unpaired) electrons. The zero-order chi connectivity index (χ0) is 59.2. The van der Waals surface area contributed by atoms with Crippen molar-refractivity contribution in [3.63, 3.8) is 0 Å². The van der Waals surface area contributed by atoms with E-state index in [2.05, 4.69) is 310 Å². The van der Waals surface area contributed by atoms with E-state index in [1.165, 1.54) is 44.0 Å². The van der Waals surface area contributed by atoms with Crippen molar-refractivity contribution in [3.8, 4) is 44.8 Å². The summed E-state index contributed by atoms with van der Waals surface area (Å²) in [4.78, 5) is 4.71. The number of benzene rings is 13. The number of aromatic nitrogens is 2. The number of allylic oxidation sites excluding steroid dienone is 1.